The Bertz CT molecular complexity index is 667. The fourth-order valence-corrected chi connectivity index (χ4v) is 3.24. The fraction of sp³-hybridized carbons (Fsp3) is 0.278. The van der Waals surface area contributed by atoms with Crippen LogP contribution in [0.1, 0.15) is 17.7 Å². The van der Waals surface area contributed by atoms with E-state index in [9.17, 15) is 13.6 Å². The lowest BCUT2D eigenvalue weighted by Crippen LogP contribution is -2.34. The number of nitrogens with one attached hydrogen (secondary N) is 2. The number of amides is 1. The van der Waals surface area contributed by atoms with Gasteiger partial charge in [0, 0.05) is 18.0 Å². The number of rotatable bonds is 8. The van der Waals surface area contributed by atoms with Gasteiger partial charge in [-0.3, -0.25) is 4.79 Å². The third-order valence-corrected chi connectivity index (χ3v) is 4.62. The van der Waals surface area contributed by atoms with Crippen LogP contribution in [0.15, 0.2) is 53.4 Å². The Hall–Kier alpha value is -1.92. The summed E-state index contributed by atoms with van der Waals surface area (Å²) in [6.07, 6.45) is 0. The lowest BCUT2D eigenvalue weighted by Gasteiger charge is -2.17. The van der Waals surface area contributed by atoms with Crippen molar-refractivity contribution >= 4 is 17.7 Å². The van der Waals surface area contributed by atoms with Gasteiger partial charge in [0.05, 0.1) is 0 Å². The van der Waals surface area contributed by atoms with E-state index >= 15 is 0 Å². The van der Waals surface area contributed by atoms with E-state index in [1.165, 1.54) is 0 Å². The van der Waals surface area contributed by atoms with E-state index in [2.05, 4.69) is 10.6 Å². The average Bonchev–Trinajstić information content (AvgIpc) is 2.60. The molecule has 128 valence electrons. The second-order valence-electron chi connectivity index (χ2n) is 5.13. The first-order chi connectivity index (χ1) is 11.6. The predicted molar refractivity (Wildman–Crippen MR) is 93.0 cm³/mol. The number of thioether (sulfide) groups is 1. The van der Waals surface area contributed by atoms with Crippen molar-refractivity contribution < 1.29 is 13.6 Å². The average molecular weight is 350 g/mol. The number of benzene rings is 2. The van der Waals surface area contributed by atoms with Gasteiger partial charge in [-0.25, -0.2) is 8.78 Å². The highest BCUT2D eigenvalue weighted by Gasteiger charge is 2.23. The Labute approximate surface area is 144 Å². The summed E-state index contributed by atoms with van der Waals surface area (Å²) in [7, 11) is 0. The van der Waals surface area contributed by atoms with Gasteiger partial charge < -0.3 is 10.6 Å². The Morgan fingerprint density at radius 2 is 1.88 bits per heavy atom. The third kappa shape index (κ3) is 5.32. The van der Waals surface area contributed by atoms with Crippen LogP contribution in [0.25, 0.3) is 0 Å². The highest BCUT2D eigenvalue weighted by atomic mass is 32.2. The summed E-state index contributed by atoms with van der Waals surface area (Å²) in [5.74, 6) is -1.30. The molecule has 2 rings (SSSR count). The van der Waals surface area contributed by atoms with Crippen molar-refractivity contribution in [2.45, 2.75) is 17.1 Å². The third-order valence-electron chi connectivity index (χ3n) is 3.33. The van der Waals surface area contributed by atoms with E-state index in [-0.39, 0.29) is 10.8 Å². The van der Waals surface area contributed by atoms with E-state index in [0.717, 1.165) is 42.1 Å². The van der Waals surface area contributed by atoms with E-state index in [1.54, 1.807) is 12.1 Å². The number of halogens is 2. The van der Waals surface area contributed by atoms with Crippen LogP contribution in [0.2, 0.25) is 0 Å². The van der Waals surface area contributed by atoms with Crippen molar-refractivity contribution in [3.8, 4) is 0 Å². The first-order valence-electron chi connectivity index (χ1n) is 7.77. The Morgan fingerprint density at radius 1 is 1.12 bits per heavy atom. The van der Waals surface area contributed by atoms with Gasteiger partial charge in [0.2, 0.25) is 5.91 Å². The minimum Gasteiger partial charge on any atom is -0.354 e. The molecule has 2 aromatic rings. The molecule has 0 fully saturated rings. The summed E-state index contributed by atoms with van der Waals surface area (Å²) in [5, 5.41) is 5.30. The zero-order valence-corrected chi connectivity index (χ0v) is 14.2. The topological polar surface area (TPSA) is 41.1 Å². The van der Waals surface area contributed by atoms with Crippen LogP contribution in [0.4, 0.5) is 8.78 Å². The maximum absolute atomic E-state index is 13.9. The van der Waals surface area contributed by atoms with E-state index in [4.69, 9.17) is 0 Å². The first-order valence-corrected chi connectivity index (χ1v) is 8.65. The molecule has 24 heavy (non-hydrogen) atoms. The van der Waals surface area contributed by atoms with Crippen LogP contribution in [0.3, 0.4) is 0 Å². The maximum atomic E-state index is 13.9. The number of carbonyl (C=O) groups is 1. The molecule has 0 aliphatic heterocycles. The fourth-order valence-electron chi connectivity index (χ4n) is 2.14. The number of hydrogen-bond donors (Lipinski definition) is 2. The Kier molecular flexibility index (Phi) is 7.21. The number of carbonyl (C=O) groups excluding carboxylic acids is 1. The van der Waals surface area contributed by atoms with Crippen molar-refractivity contribution in [3.63, 3.8) is 0 Å². The van der Waals surface area contributed by atoms with Crippen LogP contribution >= 0.6 is 11.8 Å². The molecule has 3 nitrogen and oxygen atoms in total. The molecule has 6 heteroatoms. The van der Waals surface area contributed by atoms with E-state index < -0.39 is 16.9 Å². The van der Waals surface area contributed by atoms with E-state index in [0.29, 0.717) is 13.1 Å². The van der Waals surface area contributed by atoms with Gasteiger partial charge in [0.1, 0.15) is 16.9 Å². The normalized spacial score (nSPS) is 12.0. The first kappa shape index (κ1) is 18.4. The lowest BCUT2D eigenvalue weighted by molar-refractivity contribution is -0.120. The molecule has 1 amide bonds. The van der Waals surface area contributed by atoms with Gasteiger partial charge >= 0.3 is 0 Å². The molecule has 2 N–H and O–H groups in total. The minimum absolute atomic E-state index is 0.116. The Morgan fingerprint density at radius 3 is 2.58 bits per heavy atom. The van der Waals surface area contributed by atoms with Crippen molar-refractivity contribution in [2.75, 3.05) is 19.6 Å². The monoisotopic (exact) mass is 350 g/mol. The van der Waals surface area contributed by atoms with Crippen LogP contribution in [0.5, 0.6) is 0 Å². The van der Waals surface area contributed by atoms with E-state index in [1.807, 2.05) is 25.1 Å². The number of hydrogen-bond acceptors (Lipinski definition) is 3. The maximum Gasteiger partial charge on any atom is 0.238 e. The molecule has 0 aromatic heterocycles. The van der Waals surface area contributed by atoms with Gasteiger partial charge in [-0.2, -0.15) is 0 Å². The molecule has 1 unspecified atom stereocenters. The highest BCUT2D eigenvalue weighted by Crippen LogP contribution is 2.37. The van der Waals surface area contributed by atoms with Crippen LogP contribution in [-0.4, -0.2) is 25.5 Å². The van der Waals surface area contributed by atoms with Crippen LogP contribution in [0, 0.1) is 11.6 Å². The summed E-state index contributed by atoms with van der Waals surface area (Å²) in [6.45, 7) is 3.93. The highest BCUT2D eigenvalue weighted by molar-refractivity contribution is 8.00. The van der Waals surface area contributed by atoms with Gasteiger partial charge in [0.25, 0.3) is 0 Å². The Balaban J connectivity index is 2.17. The van der Waals surface area contributed by atoms with Gasteiger partial charge in [-0.15, -0.1) is 11.8 Å². The van der Waals surface area contributed by atoms with Gasteiger partial charge in [-0.1, -0.05) is 37.3 Å². The molecular weight excluding hydrogens is 330 g/mol. The molecule has 2 aromatic carbocycles. The second kappa shape index (κ2) is 9.39. The summed E-state index contributed by atoms with van der Waals surface area (Å²) < 4.78 is 27.3. The summed E-state index contributed by atoms with van der Waals surface area (Å²) in [6, 6.07) is 12.3. The van der Waals surface area contributed by atoms with Crippen LogP contribution < -0.4 is 10.6 Å². The molecule has 1 atom stereocenters. The zero-order chi connectivity index (χ0) is 17.4. The van der Waals surface area contributed by atoms with Gasteiger partial charge in [0.15, 0.2) is 0 Å². The summed E-state index contributed by atoms with van der Waals surface area (Å²) in [5.41, 5.74) is 0.743. The lowest BCUT2D eigenvalue weighted by atomic mass is 10.1. The summed E-state index contributed by atoms with van der Waals surface area (Å²) in [4.78, 5) is 12.6. The molecule has 0 radical (unpaired) electrons. The molecule has 0 heterocycles. The largest absolute Gasteiger partial charge is 0.354 e. The number of likely N-dealkylation sites (N-methyl/N-ethyl adjacent to an activating group) is 1. The summed E-state index contributed by atoms with van der Waals surface area (Å²) >= 11 is 1.01. The van der Waals surface area contributed by atoms with Crippen molar-refractivity contribution in [2.24, 2.45) is 0 Å². The molecule has 0 aliphatic carbocycles. The van der Waals surface area contributed by atoms with Gasteiger partial charge in [-0.05, 0) is 30.3 Å². The van der Waals surface area contributed by atoms with Crippen molar-refractivity contribution in [1.29, 1.82) is 0 Å². The smallest absolute Gasteiger partial charge is 0.238 e. The quantitative estimate of drug-likeness (QED) is 0.565. The standard InChI is InChI=1S/C18H20F2N2OS/c1-2-21-10-11-22-18(23)17(13-6-4-3-5-7-13)24-16-12-14(19)8-9-15(16)20/h3-9,12,17,21H,2,10-11H2,1H3,(H,22,23). The predicted octanol–water partition coefficient (Wildman–Crippen LogP) is 3.52. The van der Waals surface area contributed by atoms with Crippen LogP contribution in [-0.2, 0) is 4.79 Å². The molecule has 0 saturated carbocycles. The second-order valence-corrected chi connectivity index (χ2v) is 6.27. The molecule has 0 bridgehead atoms. The van der Waals surface area contributed by atoms with Crippen molar-refractivity contribution in [3.05, 3.63) is 65.7 Å². The minimum atomic E-state index is -0.649. The SMILES string of the molecule is CCNCCNC(=O)C(Sc1cc(F)ccc1F)c1ccccc1. The molecule has 0 aliphatic rings. The molecule has 0 spiro atoms. The van der Waals surface area contributed by atoms with Crippen molar-refractivity contribution in [1.82, 2.24) is 10.6 Å². The zero-order valence-electron chi connectivity index (χ0n) is 13.4. The molecule has 0 saturated heterocycles. The molecular formula is C18H20F2N2OS.